The lowest BCUT2D eigenvalue weighted by Gasteiger charge is -2.31. The monoisotopic (exact) mass is 458 g/mol. The second kappa shape index (κ2) is 8.95. The molecule has 0 bridgehead atoms. The first-order valence-corrected chi connectivity index (χ1v) is 10.8. The van der Waals surface area contributed by atoms with E-state index < -0.39 is 23.2 Å². The number of aromatic nitrogens is 1. The Morgan fingerprint density at radius 1 is 1.30 bits per heavy atom. The number of hydrogen-bond acceptors (Lipinski definition) is 6. The number of fused-ring (bicyclic) bond motifs is 1. The van der Waals surface area contributed by atoms with Crippen molar-refractivity contribution < 1.29 is 23.8 Å². The zero-order valence-corrected chi connectivity index (χ0v) is 18.6. The fraction of sp³-hybridized carbons (Fsp3) is 0.435. The number of halogens is 1. The molecule has 2 aromatic rings. The first-order valence-electron chi connectivity index (χ1n) is 10.8. The zero-order chi connectivity index (χ0) is 23.8. The van der Waals surface area contributed by atoms with E-state index in [-0.39, 0.29) is 24.6 Å². The normalized spacial score (nSPS) is 17.2. The van der Waals surface area contributed by atoms with Gasteiger partial charge in [-0.1, -0.05) is 0 Å². The molecule has 3 N–H and O–H groups in total. The van der Waals surface area contributed by atoms with Crippen molar-refractivity contribution in [1.82, 2.24) is 9.88 Å². The number of carbonyl (C=O) groups excluding carboxylic acids is 2. The summed E-state index contributed by atoms with van der Waals surface area (Å²) in [5.41, 5.74) is 0.0352. The highest BCUT2D eigenvalue weighted by atomic mass is 19.1. The van der Waals surface area contributed by atoms with Gasteiger partial charge in [-0.05, 0) is 43.7 Å². The Labute approximate surface area is 190 Å². The van der Waals surface area contributed by atoms with Gasteiger partial charge >= 0.3 is 0 Å². The van der Waals surface area contributed by atoms with Gasteiger partial charge in [-0.3, -0.25) is 14.4 Å². The molecule has 9 nitrogen and oxygen atoms in total. The number of anilines is 2. The summed E-state index contributed by atoms with van der Waals surface area (Å²) in [4.78, 5) is 43.7. The lowest BCUT2D eigenvalue weighted by Crippen LogP contribution is -2.42. The molecule has 1 aromatic heterocycles. The number of nitrogens with zero attached hydrogens (tertiary/aromatic N) is 2. The smallest absolute Gasteiger partial charge is 0.261 e. The molecular formula is C23H27FN4O5. The summed E-state index contributed by atoms with van der Waals surface area (Å²) in [5.74, 6) is -0.901. The highest BCUT2D eigenvalue weighted by molar-refractivity contribution is 6.07. The highest BCUT2D eigenvalue weighted by Crippen LogP contribution is 2.35. The average Bonchev–Trinajstić information content (AvgIpc) is 3.07. The number of H-pyrrole nitrogens is 1. The Morgan fingerprint density at radius 2 is 2.03 bits per heavy atom. The molecule has 0 saturated carbocycles. The molecule has 0 spiro atoms. The van der Waals surface area contributed by atoms with E-state index in [1.807, 2.05) is 4.90 Å². The van der Waals surface area contributed by atoms with E-state index in [1.54, 1.807) is 18.2 Å². The molecule has 1 aromatic carbocycles. The van der Waals surface area contributed by atoms with Gasteiger partial charge in [0.05, 0.1) is 36.7 Å². The molecule has 2 amide bonds. The Bertz CT molecular complexity index is 1120. The minimum absolute atomic E-state index is 0.0333. The highest BCUT2D eigenvalue weighted by Gasteiger charge is 2.35. The van der Waals surface area contributed by atoms with E-state index in [9.17, 15) is 23.9 Å². The predicted octanol–water partition coefficient (Wildman–Crippen LogP) is 1.53. The fourth-order valence-electron chi connectivity index (χ4n) is 3.93. The molecule has 33 heavy (non-hydrogen) atoms. The van der Waals surface area contributed by atoms with E-state index in [4.69, 9.17) is 4.74 Å². The number of ether oxygens (including phenoxy) is 1. The third kappa shape index (κ3) is 4.76. The van der Waals surface area contributed by atoms with Crippen LogP contribution in [0.15, 0.2) is 35.3 Å². The van der Waals surface area contributed by atoms with Crippen LogP contribution in [0.4, 0.5) is 15.8 Å². The molecular weight excluding hydrogens is 431 g/mol. The number of nitrogens with one attached hydrogen (secondary N) is 2. The second-order valence-corrected chi connectivity index (χ2v) is 8.80. The van der Waals surface area contributed by atoms with E-state index >= 15 is 0 Å². The van der Waals surface area contributed by atoms with Crippen LogP contribution in [0.2, 0.25) is 0 Å². The largest absolute Gasteiger partial charge is 0.387 e. The summed E-state index contributed by atoms with van der Waals surface area (Å²) in [6.07, 6.45) is -0.168. The number of benzene rings is 1. The summed E-state index contributed by atoms with van der Waals surface area (Å²) >= 11 is 0. The third-order valence-corrected chi connectivity index (χ3v) is 5.91. The van der Waals surface area contributed by atoms with Crippen molar-refractivity contribution in [2.24, 2.45) is 0 Å². The standard InChI is InChI=1S/C23H27FN4O5/c1-23(2,32)19(24)13-28-12-14-10-17(26-21(30)15-4-3-5-25-20(15)29)18(11-16(14)22(28)31)27-6-8-33-9-7-27/h3-5,10-11,19,32H,6-9,12-13H2,1-2H3,(H,25,29)(H,26,30)/t19-/m1/s1. The lowest BCUT2D eigenvalue weighted by atomic mass is 10.0. The summed E-state index contributed by atoms with van der Waals surface area (Å²) in [7, 11) is 0. The zero-order valence-electron chi connectivity index (χ0n) is 18.6. The van der Waals surface area contributed by atoms with Gasteiger partial charge in [-0.2, -0.15) is 0 Å². The molecule has 0 aliphatic carbocycles. The lowest BCUT2D eigenvalue weighted by molar-refractivity contribution is -0.0159. The quantitative estimate of drug-likeness (QED) is 0.605. The Kier molecular flexibility index (Phi) is 6.22. The van der Waals surface area contributed by atoms with Crippen LogP contribution in [0.25, 0.3) is 0 Å². The number of hydrogen-bond donors (Lipinski definition) is 3. The van der Waals surface area contributed by atoms with Gasteiger partial charge in [0.1, 0.15) is 11.7 Å². The average molecular weight is 458 g/mol. The Hall–Kier alpha value is -3.24. The molecule has 2 aliphatic rings. The Morgan fingerprint density at radius 3 is 2.70 bits per heavy atom. The number of carbonyl (C=O) groups is 2. The molecule has 176 valence electrons. The summed E-state index contributed by atoms with van der Waals surface area (Å²) in [6.45, 7) is 4.76. The summed E-state index contributed by atoms with van der Waals surface area (Å²) in [5, 5.41) is 12.7. The molecule has 0 unspecified atom stereocenters. The maximum atomic E-state index is 14.4. The number of alkyl halides is 1. The first-order chi connectivity index (χ1) is 15.6. The van der Waals surface area contributed by atoms with Gasteiger partial charge in [0.15, 0.2) is 0 Å². The third-order valence-electron chi connectivity index (χ3n) is 5.91. The number of aromatic amines is 1. The van der Waals surface area contributed by atoms with Gasteiger partial charge in [-0.25, -0.2) is 4.39 Å². The van der Waals surface area contributed by atoms with Crippen molar-refractivity contribution in [3.05, 3.63) is 57.5 Å². The molecule has 10 heteroatoms. The van der Waals surface area contributed by atoms with E-state index in [0.29, 0.717) is 48.8 Å². The molecule has 4 rings (SSSR count). The fourth-order valence-corrected chi connectivity index (χ4v) is 3.93. The van der Waals surface area contributed by atoms with Crippen LogP contribution in [0.1, 0.15) is 40.1 Å². The van der Waals surface area contributed by atoms with E-state index in [2.05, 4.69) is 10.3 Å². The SMILES string of the molecule is CC(C)(O)[C@H](F)CN1Cc2cc(NC(=O)c3ccc[nH]c3=O)c(N3CCOCC3)cc2C1=O. The molecule has 0 radical (unpaired) electrons. The van der Waals surface area contributed by atoms with Crippen LogP contribution in [-0.4, -0.2) is 71.4 Å². The number of rotatable bonds is 6. The van der Waals surface area contributed by atoms with Gasteiger partial charge in [0.25, 0.3) is 17.4 Å². The van der Waals surface area contributed by atoms with E-state index in [0.717, 1.165) is 0 Å². The van der Waals surface area contributed by atoms with Gasteiger partial charge < -0.3 is 29.9 Å². The summed E-state index contributed by atoms with van der Waals surface area (Å²) in [6, 6.07) is 6.39. The molecule has 3 heterocycles. The van der Waals surface area contributed by atoms with Crippen LogP contribution >= 0.6 is 0 Å². The van der Waals surface area contributed by atoms with Crippen molar-refractivity contribution >= 4 is 23.2 Å². The number of pyridine rings is 1. The minimum Gasteiger partial charge on any atom is -0.387 e. The van der Waals surface area contributed by atoms with Crippen molar-refractivity contribution in [2.75, 3.05) is 43.1 Å². The van der Waals surface area contributed by atoms with Crippen LogP contribution in [0.5, 0.6) is 0 Å². The molecule has 1 atom stereocenters. The molecule has 1 fully saturated rings. The molecule has 2 aliphatic heterocycles. The van der Waals surface area contributed by atoms with Gasteiger partial charge in [0.2, 0.25) is 0 Å². The maximum Gasteiger partial charge on any atom is 0.261 e. The number of morpholine rings is 1. The maximum absolute atomic E-state index is 14.4. The number of aliphatic hydroxyl groups is 1. The van der Waals surface area contributed by atoms with Crippen molar-refractivity contribution in [3.8, 4) is 0 Å². The topological polar surface area (TPSA) is 115 Å². The van der Waals surface area contributed by atoms with Crippen LogP contribution < -0.4 is 15.8 Å². The van der Waals surface area contributed by atoms with Crippen molar-refractivity contribution in [2.45, 2.75) is 32.2 Å². The Balaban J connectivity index is 1.67. The molecule has 1 saturated heterocycles. The first kappa shape index (κ1) is 22.9. The van der Waals surface area contributed by atoms with Crippen LogP contribution in [0, 0.1) is 0 Å². The van der Waals surface area contributed by atoms with Crippen molar-refractivity contribution in [1.29, 1.82) is 0 Å². The summed E-state index contributed by atoms with van der Waals surface area (Å²) < 4.78 is 19.9. The van der Waals surface area contributed by atoms with Crippen molar-refractivity contribution in [3.63, 3.8) is 0 Å². The van der Waals surface area contributed by atoms with Crippen LogP contribution in [-0.2, 0) is 11.3 Å². The second-order valence-electron chi connectivity index (χ2n) is 8.80. The van der Waals surface area contributed by atoms with Crippen LogP contribution in [0.3, 0.4) is 0 Å². The predicted molar refractivity (Wildman–Crippen MR) is 120 cm³/mol. The van der Waals surface area contributed by atoms with Gasteiger partial charge in [-0.15, -0.1) is 0 Å². The minimum atomic E-state index is -1.61. The van der Waals surface area contributed by atoms with Gasteiger partial charge in [0, 0.05) is 31.4 Å². The van der Waals surface area contributed by atoms with E-state index in [1.165, 1.54) is 31.0 Å². The number of amides is 2.